The zero-order valence-corrected chi connectivity index (χ0v) is 9.68. The number of nitrogens with two attached hydrogens (primary N) is 1. The first-order chi connectivity index (χ1) is 8.22. The van der Waals surface area contributed by atoms with Crippen LogP contribution in [-0.4, -0.2) is 5.11 Å². The third kappa shape index (κ3) is 2.40. The van der Waals surface area contributed by atoms with Gasteiger partial charge in [-0.2, -0.15) is 0 Å². The number of anilines is 1. The van der Waals surface area contributed by atoms with E-state index in [1.165, 1.54) is 0 Å². The quantitative estimate of drug-likeness (QED) is 0.796. The van der Waals surface area contributed by atoms with Crippen LogP contribution in [0, 0.1) is 6.92 Å². The molecule has 3 N–H and O–H groups in total. The van der Waals surface area contributed by atoms with Gasteiger partial charge < -0.3 is 15.6 Å². The van der Waals surface area contributed by atoms with E-state index in [1.807, 2.05) is 43.3 Å². The fraction of sp³-hybridized carbons (Fsp3) is 0.143. The Labute approximate surface area is 100 Å². The van der Waals surface area contributed by atoms with Crippen LogP contribution in [0.3, 0.4) is 0 Å². The summed E-state index contributed by atoms with van der Waals surface area (Å²) in [5, 5.41) is 9.22. The highest BCUT2D eigenvalue weighted by Gasteiger charge is 2.08. The van der Waals surface area contributed by atoms with E-state index in [0.29, 0.717) is 17.2 Å². The van der Waals surface area contributed by atoms with Gasteiger partial charge in [0.15, 0.2) is 5.75 Å². The van der Waals surface area contributed by atoms with Gasteiger partial charge in [0.25, 0.3) is 0 Å². The zero-order valence-electron chi connectivity index (χ0n) is 9.68. The molecule has 0 aliphatic heterocycles. The van der Waals surface area contributed by atoms with Crippen LogP contribution < -0.4 is 10.5 Å². The normalized spacial score (nSPS) is 10.2. The molecule has 0 aliphatic rings. The number of nitrogen functional groups attached to an aromatic ring is 1. The first-order valence-electron chi connectivity index (χ1n) is 5.44. The minimum absolute atomic E-state index is 0.0536. The van der Waals surface area contributed by atoms with Crippen LogP contribution in [0.2, 0.25) is 0 Å². The molecule has 0 spiro atoms. The summed E-state index contributed by atoms with van der Waals surface area (Å²) in [4.78, 5) is 0. The number of hydrogen-bond donors (Lipinski definition) is 2. The summed E-state index contributed by atoms with van der Waals surface area (Å²) in [6, 6.07) is 13.0. The SMILES string of the molecule is Cc1cccc(N)c1Oc1ccccc1CO. The highest BCUT2D eigenvalue weighted by atomic mass is 16.5. The molecule has 0 amide bonds. The van der Waals surface area contributed by atoms with Crippen molar-refractivity contribution in [3.8, 4) is 11.5 Å². The van der Waals surface area contributed by atoms with Gasteiger partial charge in [-0.05, 0) is 24.6 Å². The Kier molecular flexibility index (Phi) is 3.30. The molecule has 0 fully saturated rings. The molecule has 3 nitrogen and oxygen atoms in total. The van der Waals surface area contributed by atoms with Crippen LogP contribution in [0.25, 0.3) is 0 Å². The molecule has 2 aromatic rings. The van der Waals surface area contributed by atoms with Gasteiger partial charge in [0, 0.05) is 5.56 Å². The van der Waals surface area contributed by atoms with Crippen molar-refractivity contribution < 1.29 is 9.84 Å². The Hall–Kier alpha value is -2.00. The van der Waals surface area contributed by atoms with E-state index in [9.17, 15) is 5.11 Å². The van der Waals surface area contributed by atoms with Gasteiger partial charge >= 0.3 is 0 Å². The number of rotatable bonds is 3. The van der Waals surface area contributed by atoms with Gasteiger partial charge in [-0.25, -0.2) is 0 Å². The zero-order chi connectivity index (χ0) is 12.3. The third-order valence-corrected chi connectivity index (χ3v) is 2.60. The second kappa shape index (κ2) is 4.89. The van der Waals surface area contributed by atoms with Crippen LogP contribution >= 0.6 is 0 Å². The van der Waals surface area contributed by atoms with Crippen LogP contribution in [-0.2, 0) is 6.61 Å². The Morgan fingerprint density at radius 3 is 2.59 bits per heavy atom. The summed E-state index contributed by atoms with van der Waals surface area (Å²) in [7, 11) is 0. The topological polar surface area (TPSA) is 55.5 Å². The number of aliphatic hydroxyl groups excluding tert-OH is 1. The second-order valence-electron chi connectivity index (χ2n) is 3.86. The summed E-state index contributed by atoms with van der Waals surface area (Å²) in [6.07, 6.45) is 0. The average molecular weight is 229 g/mol. The van der Waals surface area contributed by atoms with Gasteiger partial charge in [-0.1, -0.05) is 30.3 Å². The summed E-state index contributed by atoms with van der Waals surface area (Å²) in [5.41, 5.74) is 8.18. The molecule has 0 aliphatic carbocycles. The maximum absolute atomic E-state index is 9.22. The van der Waals surface area contributed by atoms with Gasteiger partial charge in [0.05, 0.1) is 12.3 Å². The lowest BCUT2D eigenvalue weighted by Crippen LogP contribution is -1.97. The molecule has 0 heterocycles. The number of hydrogen-bond acceptors (Lipinski definition) is 3. The Morgan fingerprint density at radius 2 is 1.88 bits per heavy atom. The molecule has 3 heteroatoms. The standard InChI is InChI=1S/C14H15NO2/c1-10-5-4-7-12(15)14(10)17-13-8-3-2-6-11(13)9-16/h2-8,16H,9,15H2,1H3. The molecule has 88 valence electrons. The van der Waals surface area contributed by atoms with Crippen molar-refractivity contribution in [2.24, 2.45) is 0 Å². The number of benzene rings is 2. The van der Waals surface area contributed by atoms with Crippen LogP contribution in [0.4, 0.5) is 5.69 Å². The van der Waals surface area contributed by atoms with Crippen LogP contribution in [0.1, 0.15) is 11.1 Å². The maximum atomic E-state index is 9.22. The lowest BCUT2D eigenvalue weighted by atomic mass is 10.2. The molecule has 17 heavy (non-hydrogen) atoms. The first-order valence-corrected chi connectivity index (χ1v) is 5.44. The summed E-state index contributed by atoms with van der Waals surface area (Å²) < 4.78 is 5.78. The minimum atomic E-state index is -0.0536. The lowest BCUT2D eigenvalue weighted by Gasteiger charge is -2.13. The average Bonchev–Trinajstić information content (AvgIpc) is 2.34. The van der Waals surface area contributed by atoms with Crippen molar-refractivity contribution in [3.05, 3.63) is 53.6 Å². The molecule has 0 unspecified atom stereocenters. The fourth-order valence-electron chi connectivity index (χ4n) is 1.66. The molecule has 2 aromatic carbocycles. The maximum Gasteiger partial charge on any atom is 0.153 e. The van der Waals surface area contributed by atoms with Crippen molar-refractivity contribution in [2.75, 3.05) is 5.73 Å². The number of aryl methyl sites for hydroxylation is 1. The summed E-state index contributed by atoms with van der Waals surface area (Å²) >= 11 is 0. The van der Waals surface area contributed by atoms with E-state index in [2.05, 4.69) is 0 Å². The first kappa shape index (κ1) is 11.5. The molecular weight excluding hydrogens is 214 g/mol. The van der Waals surface area contributed by atoms with Crippen molar-refractivity contribution in [2.45, 2.75) is 13.5 Å². The number of para-hydroxylation sites is 2. The van der Waals surface area contributed by atoms with Crippen molar-refractivity contribution >= 4 is 5.69 Å². The Balaban J connectivity index is 2.38. The minimum Gasteiger partial charge on any atom is -0.455 e. The van der Waals surface area contributed by atoms with E-state index >= 15 is 0 Å². The van der Waals surface area contributed by atoms with E-state index in [0.717, 1.165) is 11.1 Å². The van der Waals surface area contributed by atoms with E-state index in [1.54, 1.807) is 6.07 Å². The lowest BCUT2D eigenvalue weighted by molar-refractivity contribution is 0.276. The highest BCUT2D eigenvalue weighted by Crippen LogP contribution is 2.32. The fourth-order valence-corrected chi connectivity index (χ4v) is 1.66. The van der Waals surface area contributed by atoms with Gasteiger partial charge in [0.1, 0.15) is 5.75 Å². The second-order valence-corrected chi connectivity index (χ2v) is 3.86. The summed E-state index contributed by atoms with van der Waals surface area (Å²) in [5.74, 6) is 1.28. The highest BCUT2D eigenvalue weighted by molar-refractivity contribution is 5.58. The molecular formula is C14H15NO2. The van der Waals surface area contributed by atoms with Gasteiger partial charge in [-0.15, -0.1) is 0 Å². The molecule has 0 saturated carbocycles. The van der Waals surface area contributed by atoms with Crippen molar-refractivity contribution in [3.63, 3.8) is 0 Å². The molecule has 0 aromatic heterocycles. The summed E-state index contributed by atoms with van der Waals surface area (Å²) in [6.45, 7) is 1.88. The van der Waals surface area contributed by atoms with E-state index in [4.69, 9.17) is 10.5 Å². The number of ether oxygens (including phenoxy) is 1. The predicted molar refractivity (Wildman–Crippen MR) is 68.0 cm³/mol. The van der Waals surface area contributed by atoms with Crippen LogP contribution in [0.15, 0.2) is 42.5 Å². The van der Waals surface area contributed by atoms with Crippen molar-refractivity contribution in [1.82, 2.24) is 0 Å². The molecule has 0 radical (unpaired) electrons. The van der Waals surface area contributed by atoms with Gasteiger partial charge in [-0.3, -0.25) is 0 Å². The van der Waals surface area contributed by atoms with Crippen LogP contribution in [0.5, 0.6) is 11.5 Å². The van der Waals surface area contributed by atoms with E-state index in [-0.39, 0.29) is 6.61 Å². The number of aliphatic hydroxyl groups is 1. The van der Waals surface area contributed by atoms with E-state index < -0.39 is 0 Å². The predicted octanol–water partition coefficient (Wildman–Crippen LogP) is 2.86. The van der Waals surface area contributed by atoms with Gasteiger partial charge in [0.2, 0.25) is 0 Å². The smallest absolute Gasteiger partial charge is 0.153 e. The molecule has 0 bridgehead atoms. The largest absolute Gasteiger partial charge is 0.455 e. The molecule has 0 saturated heterocycles. The Bertz CT molecular complexity index is 503. The third-order valence-electron chi connectivity index (χ3n) is 2.60. The van der Waals surface area contributed by atoms with Crippen molar-refractivity contribution in [1.29, 1.82) is 0 Å². The monoisotopic (exact) mass is 229 g/mol. The molecule has 2 rings (SSSR count). The Morgan fingerprint density at radius 1 is 1.12 bits per heavy atom. The molecule has 0 atom stereocenters.